The molecule has 0 spiro atoms. The minimum atomic E-state index is -0.707. The number of carbonyl (C=O) groups is 1. The Bertz CT molecular complexity index is 442. The highest BCUT2D eigenvalue weighted by atomic mass is 19.1. The Morgan fingerprint density at radius 2 is 1.89 bits per heavy atom. The summed E-state index contributed by atoms with van der Waals surface area (Å²) >= 11 is 0. The molecule has 2 rings (SSSR count). The summed E-state index contributed by atoms with van der Waals surface area (Å²) in [5, 5.41) is 2.59. The minimum Gasteiger partial charge on any atom is -0.378 e. The van der Waals surface area contributed by atoms with E-state index in [1.54, 1.807) is 11.8 Å². The maximum absolute atomic E-state index is 13.5. The van der Waals surface area contributed by atoms with E-state index >= 15 is 0 Å². The van der Waals surface area contributed by atoms with Crippen LogP contribution in [0.5, 0.6) is 0 Å². The van der Waals surface area contributed by atoms with E-state index in [9.17, 15) is 13.6 Å². The fourth-order valence-corrected chi connectivity index (χ4v) is 1.97. The van der Waals surface area contributed by atoms with Gasteiger partial charge in [-0.05, 0) is 19.1 Å². The summed E-state index contributed by atoms with van der Waals surface area (Å²) in [6, 6.07) is 2.89. The molecule has 1 unspecified atom stereocenters. The highest BCUT2D eigenvalue weighted by molar-refractivity contribution is 5.84. The summed E-state index contributed by atoms with van der Waals surface area (Å²) in [6.07, 6.45) is 0. The Kier molecular flexibility index (Phi) is 4.31. The molecule has 1 aromatic carbocycles. The van der Waals surface area contributed by atoms with E-state index in [2.05, 4.69) is 5.32 Å². The highest BCUT2D eigenvalue weighted by Gasteiger charge is 2.23. The van der Waals surface area contributed by atoms with Gasteiger partial charge in [0, 0.05) is 13.1 Å². The summed E-state index contributed by atoms with van der Waals surface area (Å²) < 4.78 is 32.1. The van der Waals surface area contributed by atoms with Gasteiger partial charge in [-0.2, -0.15) is 0 Å². The lowest BCUT2D eigenvalue weighted by Crippen LogP contribution is -2.47. The molecule has 4 nitrogen and oxygen atoms in total. The van der Waals surface area contributed by atoms with Gasteiger partial charge in [-0.15, -0.1) is 0 Å². The molecule has 6 heteroatoms. The largest absolute Gasteiger partial charge is 0.378 e. The lowest BCUT2D eigenvalue weighted by Gasteiger charge is -2.29. The van der Waals surface area contributed by atoms with Gasteiger partial charge in [0.05, 0.1) is 13.2 Å². The molecule has 1 heterocycles. The maximum Gasteiger partial charge on any atom is 0.244 e. The van der Waals surface area contributed by atoms with Crippen LogP contribution in [0.4, 0.5) is 14.5 Å². The van der Waals surface area contributed by atoms with Gasteiger partial charge in [-0.1, -0.05) is 6.07 Å². The van der Waals surface area contributed by atoms with Gasteiger partial charge in [-0.25, -0.2) is 8.78 Å². The highest BCUT2D eigenvalue weighted by Crippen LogP contribution is 2.19. The molecular formula is C13H16F2N2O2. The van der Waals surface area contributed by atoms with E-state index in [0.29, 0.717) is 26.3 Å². The first kappa shape index (κ1) is 13.7. The zero-order valence-electron chi connectivity index (χ0n) is 10.7. The number of halogens is 2. The number of anilines is 1. The molecule has 1 saturated heterocycles. The lowest BCUT2D eigenvalue weighted by molar-refractivity contribution is -0.135. The molecule has 1 N–H and O–H groups in total. The van der Waals surface area contributed by atoms with Gasteiger partial charge >= 0.3 is 0 Å². The van der Waals surface area contributed by atoms with E-state index < -0.39 is 17.7 Å². The topological polar surface area (TPSA) is 41.6 Å². The number of carbonyl (C=O) groups excluding carboxylic acids is 1. The van der Waals surface area contributed by atoms with Crippen molar-refractivity contribution in [3.63, 3.8) is 0 Å². The molecule has 19 heavy (non-hydrogen) atoms. The number of hydrogen-bond donors (Lipinski definition) is 1. The van der Waals surface area contributed by atoms with Crippen LogP contribution in [0.3, 0.4) is 0 Å². The molecule has 1 aromatic rings. The molecule has 0 radical (unpaired) electrons. The summed E-state index contributed by atoms with van der Waals surface area (Å²) in [7, 11) is 0. The van der Waals surface area contributed by atoms with Crippen molar-refractivity contribution in [1.29, 1.82) is 0 Å². The number of benzene rings is 1. The normalized spacial score (nSPS) is 17.1. The van der Waals surface area contributed by atoms with Crippen LogP contribution in [0.25, 0.3) is 0 Å². The van der Waals surface area contributed by atoms with Crippen LogP contribution in [-0.2, 0) is 9.53 Å². The molecule has 1 amide bonds. The van der Waals surface area contributed by atoms with Crippen molar-refractivity contribution in [3.8, 4) is 0 Å². The second-order valence-corrected chi connectivity index (χ2v) is 4.40. The second-order valence-electron chi connectivity index (χ2n) is 4.40. The van der Waals surface area contributed by atoms with Crippen molar-refractivity contribution in [1.82, 2.24) is 4.90 Å². The zero-order valence-corrected chi connectivity index (χ0v) is 10.7. The van der Waals surface area contributed by atoms with E-state index in [0.717, 1.165) is 12.1 Å². The molecule has 0 saturated carbocycles. The Balaban J connectivity index is 2.03. The summed E-state index contributed by atoms with van der Waals surface area (Å²) in [5.41, 5.74) is -0.267. The number of hydrogen-bond acceptors (Lipinski definition) is 3. The van der Waals surface area contributed by atoms with Crippen molar-refractivity contribution >= 4 is 11.6 Å². The number of para-hydroxylation sites is 1. The fraction of sp³-hybridized carbons (Fsp3) is 0.462. The molecule has 0 bridgehead atoms. The molecule has 1 fully saturated rings. The third-order valence-electron chi connectivity index (χ3n) is 3.02. The minimum absolute atomic E-state index is 0.189. The predicted octanol–water partition coefficient (Wildman–Crippen LogP) is 1.62. The van der Waals surface area contributed by atoms with Crippen LogP contribution in [0.2, 0.25) is 0 Å². The van der Waals surface area contributed by atoms with Crippen LogP contribution in [0, 0.1) is 11.6 Å². The SMILES string of the molecule is CC(Nc1c(F)cccc1F)C(=O)N1CCOCC1. The van der Waals surface area contributed by atoms with Crippen LogP contribution in [0.15, 0.2) is 18.2 Å². The predicted molar refractivity (Wildman–Crippen MR) is 66.8 cm³/mol. The Morgan fingerprint density at radius 1 is 1.32 bits per heavy atom. The quantitative estimate of drug-likeness (QED) is 0.907. The molecule has 1 aliphatic heterocycles. The van der Waals surface area contributed by atoms with Gasteiger partial charge in [-0.3, -0.25) is 4.79 Å². The number of amides is 1. The van der Waals surface area contributed by atoms with Crippen molar-refractivity contribution in [2.45, 2.75) is 13.0 Å². The van der Waals surface area contributed by atoms with Gasteiger partial charge in [0.15, 0.2) is 0 Å². The number of nitrogens with one attached hydrogen (secondary N) is 1. The van der Waals surface area contributed by atoms with Crippen LogP contribution in [0.1, 0.15) is 6.92 Å². The number of nitrogens with zero attached hydrogens (tertiary/aromatic N) is 1. The summed E-state index contributed by atoms with van der Waals surface area (Å²) in [4.78, 5) is 13.7. The number of ether oxygens (including phenoxy) is 1. The summed E-state index contributed by atoms with van der Waals surface area (Å²) in [5.74, 6) is -1.60. The molecule has 1 aliphatic rings. The van der Waals surface area contributed by atoms with E-state index in [4.69, 9.17) is 4.74 Å². The van der Waals surface area contributed by atoms with Crippen molar-refractivity contribution in [2.75, 3.05) is 31.6 Å². The van der Waals surface area contributed by atoms with Crippen molar-refractivity contribution in [3.05, 3.63) is 29.8 Å². The first-order valence-electron chi connectivity index (χ1n) is 6.16. The Morgan fingerprint density at radius 3 is 2.47 bits per heavy atom. The van der Waals surface area contributed by atoms with Gasteiger partial charge in [0.25, 0.3) is 0 Å². The van der Waals surface area contributed by atoms with Crippen molar-refractivity contribution in [2.24, 2.45) is 0 Å². The fourth-order valence-electron chi connectivity index (χ4n) is 1.97. The Labute approximate surface area is 110 Å². The molecular weight excluding hydrogens is 254 g/mol. The van der Waals surface area contributed by atoms with Crippen LogP contribution < -0.4 is 5.32 Å². The van der Waals surface area contributed by atoms with Crippen LogP contribution in [-0.4, -0.2) is 43.2 Å². The molecule has 0 aromatic heterocycles. The maximum atomic E-state index is 13.5. The number of morpholine rings is 1. The first-order valence-corrected chi connectivity index (χ1v) is 6.16. The smallest absolute Gasteiger partial charge is 0.244 e. The molecule has 1 atom stereocenters. The third kappa shape index (κ3) is 3.20. The Hall–Kier alpha value is -1.69. The second kappa shape index (κ2) is 5.97. The monoisotopic (exact) mass is 270 g/mol. The van der Waals surface area contributed by atoms with Crippen LogP contribution >= 0.6 is 0 Å². The third-order valence-corrected chi connectivity index (χ3v) is 3.02. The summed E-state index contributed by atoms with van der Waals surface area (Å²) in [6.45, 7) is 3.58. The first-order chi connectivity index (χ1) is 9.09. The average Bonchev–Trinajstić information content (AvgIpc) is 2.43. The standard InChI is InChI=1S/C13H16F2N2O2/c1-9(13(18)17-5-7-19-8-6-17)16-12-10(14)3-2-4-11(12)15/h2-4,9,16H,5-8H2,1H3. The van der Waals surface area contributed by atoms with Gasteiger partial charge < -0.3 is 15.0 Å². The van der Waals surface area contributed by atoms with Gasteiger partial charge in [0.2, 0.25) is 5.91 Å². The van der Waals surface area contributed by atoms with E-state index in [-0.39, 0.29) is 11.6 Å². The lowest BCUT2D eigenvalue weighted by atomic mass is 10.2. The average molecular weight is 270 g/mol. The molecule has 104 valence electrons. The van der Waals surface area contributed by atoms with Gasteiger partial charge in [0.1, 0.15) is 23.4 Å². The molecule has 0 aliphatic carbocycles. The van der Waals surface area contributed by atoms with E-state index in [1.807, 2.05) is 0 Å². The van der Waals surface area contributed by atoms with E-state index in [1.165, 1.54) is 6.07 Å². The number of rotatable bonds is 3. The van der Waals surface area contributed by atoms with Crippen molar-refractivity contribution < 1.29 is 18.3 Å². The zero-order chi connectivity index (χ0) is 13.8.